The second-order valence-electron chi connectivity index (χ2n) is 7.59. The van der Waals surface area contributed by atoms with Crippen LogP contribution in [-0.2, 0) is 16.1 Å². The van der Waals surface area contributed by atoms with Gasteiger partial charge in [0.1, 0.15) is 11.8 Å². The number of rotatable bonds is 6. The number of ether oxygens (including phenoxy) is 2. The molecule has 0 aromatic heterocycles. The molecule has 2 unspecified atom stereocenters. The first kappa shape index (κ1) is 21.2. The van der Waals surface area contributed by atoms with E-state index in [2.05, 4.69) is 10.1 Å². The van der Waals surface area contributed by atoms with Crippen LogP contribution in [0.3, 0.4) is 0 Å². The summed E-state index contributed by atoms with van der Waals surface area (Å²) in [5.74, 6) is -0.679. The van der Waals surface area contributed by atoms with Gasteiger partial charge in [0.05, 0.1) is 6.61 Å². The smallest absolute Gasteiger partial charge is 0.406 e. The average Bonchev–Trinajstić information content (AvgIpc) is 3.34. The lowest BCUT2D eigenvalue weighted by molar-refractivity contribution is -0.274. The zero-order chi connectivity index (χ0) is 22.0. The summed E-state index contributed by atoms with van der Waals surface area (Å²) in [4.78, 5) is 27.6. The van der Waals surface area contributed by atoms with Crippen molar-refractivity contribution in [3.05, 3.63) is 65.2 Å². The molecule has 0 radical (unpaired) electrons. The van der Waals surface area contributed by atoms with Crippen LogP contribution in [0.2, 0.25) is 0 Å². The lowest BCUT2D eigenvalue weighted by Crippen LogP contribution is -2.41. The highest BCUT2D eigenvalue weighted by Crippen LogP contribution is 2.35. The van der Waals surface area contributed by atoms with E-state index in [0.717, 1.165) is 6.42 Å². The third-order valence-electron chi connectivity index (χ3n) is 5.41. The first-order valence-electron chi connectivity index (χ1n) is 9.92. The van der Waals surface area contributed by atoms with Crippen LogP contribution >= 0.6 is 0 Å². The van der Waals surface area contributed by atoms with E-state index in [1.54, 1.807) is 29.2 Å². The number of nitrogens with one attached hydrogen (secondary N) is 1. The molecule has 1 saturated heterocycles. The predicted octanol–water partition coefficient (Wildman–Crippen LogP) is 3.44. The molecule has 31 heavy (non-hydrogen) atoms. The number of nitrogens with zero attached hydrogens (tertiary/aromatic N) is 1. The topological polar surface area (TPSA) is 67.9 Å². The van der Waals surface area contributed by atoms with Crippen LogP contribution in [0.4, 0.5) is 13.2 Å². The Labute approximate surface area is 176 Å². The van der Waals surface area contributed by atoms with Gasteiger partial charge in [-0.3, -0.25) is 9.59 Å². The molecule has 2 aliphatic rings. The van der Waals surface area contributed by atoms with E-state index in [1.807, 2.05) is 0 Å². The Morgan fingerprint density at radius 2 is 1.90 bits per heavy atom. The lowest BCUT2D eigenvalue weighted by atomic mass is 10.0. The molecule has 0 aliphatic carbocycles. The second-order valence-corrected chi connectivity index (χ2v) is 7.59. The molecule has 0 bridgehead atoms. The molecule has 2 atom stereocenters. The molecule has 0 spiro atoms. The number of hydrogen-bond donors (Lipinski definition) is 1. The van der Waals surface area contributed by atoms with E-state index in [4.69, 9.17) is 4.74 Å². The Morgan fingerprint density at radius 3 is 2.58 bits per heavy atom. The lowest BCUT2D eigenvalue weighted by Gasteiger charge is -2.27. The van der Waals surface area contributed by atoms with E-state index < -0.39 is 12.4 Å². The van der Waals surface area contributed by atoms with Gasteiger partial charge in [0.15, 0.2) is 0 Å². The molecule has 0 saturated carbocycles. The SMILES string of the molecule is O=C(NCc1ccc(OC(F)(F)F)cc1)C1c2ccccc2C(=O)N1CC1CCOC1. The molecule has 2 amide bonds. The van der Waals surface area contributed by atoms with Crippen molar-refractivity contribution in [2.24, 2.45) is 5.92 Å². The van der Waals surface area contributed by atoms with Gasteiger partial charge in [-0.25, -0.2) is 0 Å². The number of halogens is 3. The second kappa shape index (κ2) is 8.58. The minimum absolute atomic E-state index is 0.109. The Morgan fingerprint density at radius 1 is 1.16 bits per heavy atom. The first-order chi connectivity index (χ1) is 14.8. The normalized spacial score (nSPS) is 20.6. The summed E-state index contributed by atoms with van der Waals surface area (Å²) in [5.41, 5.74) is 1.77. The Hall–Kier alpha value is -3.07. The molecule has 4 rings (SSSR count). The van der Waals surface area contributed by atoms with Crippen molar-refractivity contribution in [3.63, 3.8) is 0 Å². The van der Waals surface area contributed by atoms with Crippen LogP contribution in [-0.4, -0.2) is 42.8 Å². The third-order valence-corrected chi connectivity index (χ3v) is 5.41. The largest absolute Gasteiger partial charge is 0.573 e. The van der Waals surface area contributed by atoms with Crippen molar-refractivity contribution in [3.8, 4) is 5.75 Å². The van der Waals surface area contributed by atoms with Crippen molar-refractivity contribution in [1.29, 1.82) is 0 Å². The van der Waals surface area contributed by atoms with Gasteiger partial charge < -0.3 is 19.7 Å². The highest BCUT2D eigenvalue weighted by atomic mass is 19.4. The van der Waals surface area contributed by atoms with E-state index in [-0.39, 0.29) is 30.0 Å². The van der Waals surface area contributed by atoms with Gasteiger partial charge in [-0.2, -0.15) is 0 Å². The van der Waals surface area contributed by atoms with Gasteiger partial charge >= 0.3 is 6.36 Å². The summed E-state index contributed by atoms with van der Waals surface area (Å²) in [7, 11) is 0. The third kappa shape index (κ3) is 4.82. The predicted molar refractivity (Wildman–Crippen MR) is 104 cm³/mol. The Bertz CT molecular complexity index is 956. The van der Waals surface area contributed by atoms with Gasteiger partial charge in [0.25, 0.3) is 5.91 Å². The van der Waals surface area contributed by atoms with Crippen molar-refractivity contribution in [2.45, 2.75) is 25.4 Å². The molecular weight excluding hydrogens is 413 g/mol. The van der Waals surface area contributed by atoms with Crippen molar-refractivity contribution >= 4 is 11.8 Å². The van der Waals surface area contributed by atoms with Crippen LogP contribution in [0, 0.1) is 5.92 Å². The van der Waals surface area contributed by atoms with Crippen LogP contribution in [0.25, 0.3) is 0 Å². The minimum atomic E-state index is -4.76. The standard InChI is InChI=1S/C22H21F3N2O4/c23-22(24,25)31-16-7-5-14(6-8-16)11-26-20(28)19-17-3-1-2-4-18(17)21(29)27(19)12-15-9-10-30-13-15/h1-8,15,19H,9-13H2,(H,26,28). The van der Waals surface area contributed by atoms with E-state index in [9.17, 15) is 22.8 Å². The number of carbonyl (C=O) groups is 2. The van der Waals surface area contributed by atoms with Crippen LogP contribution in [0.1, 0.15) is 33.9 Å². The molecule has 2 heterocycles. The average molecular weight is 434 g/mol. The summed E-state index contributed by atoms with van der Waals surface area (Å²) in [6.07, 6.45) is -3.92. The van der Waals surface area contributed by atoms with Crippen LogP contribution in [0.5, 0.6) is 5.75 Å². The van der Waals surface area contributed by atoms with Gasteiger partial charge in [0, 0.05) is 31.2 Å². The summed E-state index contributed by atoms with van der Waals surface area (Å²) in [5, 5.41) is 2.80. The van der Waals surface area contributed by atoms with E-state index in [0.29, 0.717) is 36.4 Å². The van der Waals surface area contributed by atoms with Crippen LogP contribution in [0.15, 0.2) is 48.5 Å². The van der Waals surface area contributed by atoms with Crippen LogP contribution < -0.4 is 10.1 Å². The summed E-state index contributed by atoms with van der Waals surface area (Å²) >= 11 is 0. The quantitative estimate of drug-likeness (QED) is 0.757. The molecule has 2 aromatic rings. The number of carbonyl (C=O) groups excluding carboxylic acids is 2. The first-order valence-corrected chi connectivity index (χ1v) is 9.92. The maximum Gasteiger partial charge on any atom is 0.573 e. The molecule has 1 N–H and O–H groups in total. The fourth-order valence-electron chi connectivity index (χ4n) is 3.94. The molecule has 1 fully saturated rings. The Balaban J connectivity index is 1.45. The number of amides is 2. The highest BCUT2D eigenvalue weighted by molar-refractivity contribution is 6.04. The molecule has 164 valence electrons. The molecule has 6 nitrogen and oxygen atoms in total. The molecule has 2 aliphatic heterocycles. The fourth-order valence-corrected chi connectivity index (χ4v) is 3.94. The number of alkyl halides is 3. The van der Waals surface area contributed by atoms with E-state index >= 15 is 0 Å². The monoisotopic (exact) mass is 434 g/mol. The molecular formula is C22H21F3N2O4. The summed E-state index contributed by atoms with van der Waals surface area (Å²) in [6, 6.07) is 11.6. The van der Waals surface area contributed by atoms with Gasteiger partial charge in [-0.1, -0.05) is 30.3 Å². The Kier molecular flexibility index (Phi) is 5.86. The maximum atomic E-state index is 13.1. The summed E-state index contributed by atoms with van der Waals surface area (Å²) < 4.78 is 46.1. The van der Waals surface area contributed by atoms with Gasteiger partial charge in [-0.05, 0) is 35.7 Å². The zero-order valence-electron chi connectivity index (χ0n) is 16.5. The molecule has 2 aromatic carbocycles. The van der Waals surface area contributed by atoms with Crippen molar-refractivity contribution in [1.82, 2.24) is 10.2 Å². The summed E-state index contributed by atoms with van der Waals surface area (Å²) in [6.45, 7) is 1.73. The van der Waals surface area contributed by atoms with Crippen molar-refractivity contribution in [2.75, 3.05) is 19.8 Å². The molecule has 9 heteroatoms. The van der Waals surface area contributed by atoms with Gasteiger partial charge in [0.2, 0.25) is 5.91 Å². The highest BCUT2D eigenvalue weighted by Gasteiger charge is 2.42. The van der Waals surface area contributed by atoms with Gasteiger partial charge in [-0.15, -0.1) is 13.2 Å². The maximum absolute atomic E-state index is 13.1. The minimum Gasteiger partial charge on any atom is -0.406 e. The number of fused-ring (bicyclic) bond motifs is 1. The van der Waals surface area contributed by atoms with E-state index in [1.165, 1.54) is 24.3 Å². The zero-order valence-corrected chi connectivity index (χ0v) is 16.5. The number of hydrogen-bond acceptors (Lipinski definition) is 4. The number of benzene rings is 2. The van der Waals surface area contributed by atoms with Crippen molar-refractivity contribution < 1.29 is 32.2 Å². The fraction of sp³-hybridized carbons (Fsp3) is 0.364.